The van der Waals surface area contributed by atoms with E-state index in [-0.39, 0.29) is 0 Å². The summed E-state index contributed by atoms with van der Waals surface area (Å²) in [5.74, 6) is 0.955. The number of aromatic nitrogens is 2. The SMILES string of the molecule is c1ccc2c(-c3ccc(-n4c(-c5cccc6ccccc56)nc5ccccc54)c4ccccc34)cccc2c1. The Hall–Kier alpha value is -5.21. The average molecular weight is 497 g/mol. The molecule has 39 heavy (non-hydrogen) atoms. The Balaban J connectivity index is 1.45. The number of hydrogen-bond donors (Lipinski definition) is 0. The maximum absolute atomic E-state index is 5.20. The van der Waals surface area contributed by atoms with E-state index >= 15 is 0 Å². The fourth-order valence-electron chi connectivity index (χ4n) is 6.04. The van der Waals surface area contributed by atoms with E-state index in [0.717, 1.165) is 28.1 Å². The molecule has 8 aromatic rings. The molecule has 1 heterocycles. The van der Waals surface area contributed by atoms with E-state index < -0.39 is 0 Å². The maximum atomic E-state index is 5.20. The second kappa shape index (κ2) is 8.68. The van der Waals surface area contributed by atoms with Crippen LogP contribution >= 0.6 is 0 Å². The molecule has 0 fully saturated rings. The van der Waals surface area contributed by atoms with Gasteiger partial charge in [-0.1, -0.05) is 127 Å². The second-order valence-electron chi connectivity index (χ2n) is 9.99. The van der Waals surface area contributed by atoms with Crippen LogP contribution in [0, 0.1) is 0 Å². The molecule has 7 aromatic carbocycles. The Morgan fingerprint density at radius 2 is 0.923 bits per heavy atom. The molecule has 0 bridgehead atoms. The molecule has 0 spiro atoms. The van der Waals surface area contributed by atoms with Gasteiger partial charge in [0.15, 0.2) is 0 Å². The monoisotopic (exact) mass is 496 g/mol. The lowest BCUT2D eigenvalue weighted by atomic mass is 9.93. The molecule has 0 radical (unpaired) electrons. The standard InChI is InChI=1S/C37H24N2/c1-3-15-27-25(11-1)13-9-19-29(27)31-23-24-35(32-18-6-5-17-30(31)32)39-36-22-8-7-21-34(36)38-37(39)33-20-10-14-26-12-2-4-16-28(26)33/h1-24H. The fraction of sp³-hybridized carbons (Fsp3) is 0. The highest BCUT2D eigenvalue weighted by atomic mass is 15.1. The van der Waals surface area contributed by atoms with Crippen LogP contribution < -0.4 is 0 Å². The zero-order chi connectivity index (χ0) is 25.8. The van der Waals surface area contributed by atoms with Gasteiger partial charge in [-0.25, -0.2) is 4.98 Å². The first-order valence-electron chi connectivity index (χ1n) is 13.3. The highest BCUT2D eigenvalue weighted by molar-refractivity contribution is 6.08. The predicted molar refractivity (Wildman–Crippen MR) is 164 cm³/mol. The van der Waals surface area contributed by atoms with E-state index in [0.29, 0.717) is 0 Å². The molecule has 2 heteroatoms. The Labute approximate surface area is 226 Å². The third-order valence-corrected chi connectivity index (χ3v) is 7.81. The van der Waals surface area contributed by atoms with Gasteiger partial charge in [-0.05, 0) is 56.3 Å². The molecular formula is C37H24N2. The molecule has 0 aliphatic heterocycles. The quantitative estimate of drug-likeness (QED) is 0.238. The molecule has 0 amide bonds. The van der Waals surface area contributed by atoms with Crippen molar-refractivity contribution >= 4 is 43.4 Å². The van der Waals surface area contributed by atoms with Crippen molar-refractivity contribution in [2.75, 3.05) is 0 Å². The summed E-state index contributed by atoms with van der Waals surface area (Å²) in [5, 5.41) is 7.36. The first-order chi connectivity index (χ1) is 19.4. The Morgan fingerprint density at radius 1 is 0.385 bits per heavy atom. The van der Waals surface area contributed by atoms with Crippen molar-refractivity contribution in [3.63, 3.8) is 0 Å². The maximum Gasteiger partial charge on any atom is 0.146 e. The molecule has 0 N–H and O–H groups in total. The van der Waals surface area contributed by atoms with Crippen molar-refractivity contribution in [1.29, 1.82) is 0 Å². The van der Waals surface area contributed by atoms with Gasteiger partial charge < -0.3 is 0 Å². The topological polar surface area (TPSA) is 17.8 Å². The number of nitrogens with zero attached hydrogens (tertiary/aromatic N) is 2. The largest absolute Gasteiger partial charge is 0.292 e. The lowest BCUT2D eigenvalue weighted by molar-refractivity contribution is 1.12. The van der Waals surface area contributed by atoms with Gasteiger partial charge in [-0.15, -0.1) is 0 Å². The Bertz CT molecular complexity index is 2170. The first-order valence-corrected chi connectivity index (χ1v) is 13.3. The van der Waals surface area contributed by atoms with Crippen molar-refractivity contribution in [1.82, 2.24) is 9.55 Å². The summed E-state index contributed by atoms with van der Waals surface area (Å²) in [6.45, 7) is 0. The van der Waals surface area contributed by atoms with Gasteiger partial charge in [0.25, 0.3) is 0 Å². The molecule has 0 saturated heterocycles. The lowest BCUT2D eigenvalue weighted by Gasteiger charge is -2.17. The molecule has 0 aliphatic carbocycles. The van der Waals surface area contributed by atoms with Crippen LogP contribution in [0.4, 0.5) is 0 Å². The van der Waals surface area contributed by atoms with Crippen LogP contribution in [0.1, 0.15) is 0 Å². The minimum atomic E-state index is 0.955. The average Bonchev–Trinajstić information content (AvgIpc) is 3.39. The molecule has 0 saturated carbocycles. The van der Waals surface area contributed by atoms with Crippen molar-refractivity contribution < 1.29 is 0 Å². The normalized spacial score (nSPS) is 11.6. The van der Waals surface area contributed by atoms with Gasteiger partial charge in [-0.3, -0.25) is 4.57 Å². The summed E-state index contributed by atoms with van der Waals surface area (Å²) >= 11 is 0. The molecule has 1 aromatic heterocycles. The van der Waals surface area contributed by atoms with E-state index in [1.54, 1.807) is 0 Å². The van der Waals surface area contributed by atoms with Crippen LogP contribution in [-0.4, -0.2) is 9.55 Å². The van der Waals surface area contributed by atoms with E-state index in [1.165, 1.54) is 43.4 Å². The lowest BCUT2D eigenvalue weighted by Crippen LogP contribution is -2.00. The van der Waals surface area contributed by atoms with Gasteiger partial charge in [0.05, 0.1) is 16.7 Å². The van der Waals surface area contributed by atoms with Crippen molar-refractivity contribution in [2.24, 2.45) is 0 Å². The summed E-state index contributed by atoms with van der Waals surface area (Å²) in [6.07, 6.45) is 0. The number of para-hydroxylation sites is 2. The zero-order valence-corrected chi connectivity index (χ0v) is 21.3. The van der Waals surface area contributed by atoms with Crippen LogP contribution in [0.15, 0.2) is 146 Å². The summed E-state index contributed by atoms with van der Waals surface area (Å²) in [7, 11) is 0. The Morgan fingerprint density at radius 3 is 1.69 bits per heavy atom. The van der Waals surface area contributed by atoms with Gasteiger partial charge in [0.2, 0.25) is 0 Å². The smallest absolute Gasteiger partial charge is 0.146 e. The summed E-state index contributed by atoms with van der Waals surface area (Å²) in [4.78, 5) is 5.20. The van der Waals surface area contributed by atoms with Gasteiger partial charge in [0.1, 0.15) is 5.82 Å². The van der Waals surface area contributed by atoms with Crippen LogP contribution in [0.2, 0.25) is 0 Å². The van der Waals surface area contributed by atoms with Crippen molar-refractivity contribution in [3.05, 3.63) is 146 Å². The molecule has 0 atom stereocenters. The van der Waals surface area contributed by atoms with Crippen molar-refractivity contribution in [3.8, 4) is 28.2 Å². The van der Waals surface area contributed by atoms with Gasteiger partial charge in [0, 0.05) is 10.9 Å². The molecular weight excluding hydrogens is 472 g/mol. The minimum Gasteiger partial charge on any atom is -0.292 e. The van der Waals surface area contributed by atoms with Gasteiger partial charge >= 0.3 is 0 Å². The Kier molecular flexibility index (Phi) is 4.86. The fourth-order valence-corrected chi connectivity index (χ4v) is 6.04. The van der Waals surface area contributed by atoms with E-state index in [4.69, 9.17) is 4.98 Å². The van der Waals surface area contributed by atoms with E-state index in [2.05, 4.69) is 150 Å². The summed E-state index contributed by atoms with van der Waals surface area (Å²) in [5.41, 5.74) is 6.84. The number of fused-ring (bicyclic) bond motifs is 4. The first kappa shape index (κ1) is 21.8. The number of imidazole rings is 1. The molecule has 8 rings (SSSR count). The van der Waals surface area contributed by atoms with Crippen LogP contribution in [0.25, 0.3) is 71.6 Å². The van der Waals surface area contributed by atoms with Crippen molar-refractivity contribution in [2.45, 2.75) is 0 Å². The highest BCUT2D eigenvalue weighted by Crippen LogP contribution is 2.39. The number of benzene rings is 7. The molecule has 0 aliphatic rings. The number of rotatable bonds is 3. The van der Waals surface area contributed by atoms with Gasteiger partial charge in [-0.2, -0.15) is 0 Å². The van der Waals surface area contributed by atoms with Crippen LogP contribution in [0.5, 0.6) is 0 Å². The summed E-state index contributed by atoms with van der Waals surface area (Å²) < 4.78 is 2.34. The van der Waals surface area contributed by atoms with E-state index in [1.807, 2.05) is 0 Å². The van der Waals surface area contributed by atoms with Crippen LogP contribution in [0.3, 0.4) is 0 Å². The third-order valence-electron chi connectivity index (χ3n) is 7.81. The summed E-state index contributed by atoms with van der Waals surface area (Å²) in [6, 6.07) is 52.0. The molecule has 0 unspecified atom stereocenters. The molecule has 182 valence electrons. The second-order valence-corrected chi connectivity index (χ2v) is 9.99. The predicted octanol–water partition coefficient (Wildman–Crippen LogP) is 9.82. The van der Waals surface area contributed by atoms with E-state index in [9.17, 15) is 0 Å². The minimum absolute atomic E-state index is 0.955. The third kappa shape index (κ3) is 3.39. The highest BCUT2D eigenvalue weighted by Gasteiger charge is 2.19. The molecule has 2 nitrogen and oxygen atoms in total. The number of hydrogen-bond acceptors (Lipinski definition) is 1. The zero-order valence-electron chi connectivity index (χ0n) is 21.3. The van der Waals surface area contributed by atoms with Crippen LogP contribution in [-0.2, 0) is 0 Å².